The number of anilines is 1. The molecule has 0 spiro atoms. The van der Waals surface area contributed by atoms with Crippen LogP contribution in [0, 0.1) is 0 Å². The van der Waals surface area contributed by atoms with E-state index in [1.807, 2.05) is 37.3 Å². The van der Waals surface area contributed by atoms with Crippen LogP contribution in [0.5, 0.6) is 11.5 Å². The fraction of sp³-hybridized carbons (Fsp3) is 0.304. The third-order valence-corrected chi connectivity index (χ3v) is 4.59. The van der Waals surface area contributed by atoms with Crippen molar-refractivity contribution >= 4 is 23.6 Å². The van der Waals surface area contributed by atoms with Crippen LogP contribution in [0.25, 0.3) is 6.08 Å². The maximum Gasteiger partial charge on any atom is 0.331 e. The van der Waals surface area contributed by atoms with Crippen LogP contribution in [0.15, 0.2) is 48.5 Å². The molecule has 0 unspecified atom stereocenters. The number of fused-ring (bicyclic) bond motifs is 1. The van der Waals surface area contributed by atoms with Crippen molar-refractivity contribution in [1.82, 2.24) is 0 Å². The summed E-state index contributed by atoms with van der Waals surface area (Å²) in [6, 6.07) is 13.2. The lowest BCUT2D eigenvalue weighted by Gasteiger charge is -2.16. The van der Waals surface area contributed by atoms with Gasteiger partial charge in [-0.05, 0) is 48.2 Å². The molecule has 2 aromatic rings. The summed E-state index contributed by atoms with van der Waals surface area (Å²) in [6.45, 7) is 2.96. The first-order chi connectivity index (χ1) is 14.1. The predicted octanol–water partition coefficient (Wildman–Crippen LogP) is 3.63. The normalized spacial score (nSPS) is 12.7. The van der Waals surface area contributed by atoms with E-state index in [2.05, 4.69) is 0 Å². The topological polar surface area (TPSA) is 65.1 Å². The Bertz CT molecular complexity index is 906. The molecule has 1 aliphatic heterocycles. The van der Waals surface area contributed by atoms with Crippen LogP contribution in [-0.4, -0.2) is 38.7 Å². The lowest BCUT2D eigenvalue weighted by molar-refractivity contribution is -0.142. The third-order valence-electron chi connectivity index (χ3n) is 4.59. The van der Waals surface area contributed by atoms with E-state index in [9.17, 15) is 9.59 Å². The van der Waals surface area contributed by atoms with Gasteiger partial charge in [0.05, 0.1) is 13.7 Å². The highest BCUT2D eigenvalue weighted by Gasteiger charge is 2.24. The van der Waals surface area contributed by atoms with Gasteiger partial charge in [0.15, 0.2) is 18.1 Å². The number of para-hydroxylation sites is 1. The van der Waals surface area contributed by atoms with Crippen molar-refractivity contribution in [2.75, 3.05) is 31.8 Å². The van der Waals surface area contributed by atoms with E-state index in [1.54, 1.807) is 30.2 Å². The fourth-order valence-electron chi connectivity index (χ4n) is 3.14. The maximum absolute atomic E-state index is 12.4. The zero-order chi connectivity index (χ0) is 20.6. The van der Waals surface area contributed by atoms with Gasteiger partial charge in [-0.1, -0.05) is 31.2 Å². The number of rotatable bonds is 8. The second-order valence-electron chi connectivity index (χ2n) is 6.62. The first-order valence-corrected chi connectivity index (χ1v) is 9.66. The summed E-state index contributed by atoms with van der Waals surface area (Å²) in [6.07, 6.45) is 4.63. The lowest BCUT2D eigenvalue weighted by atomic mass is 10.2. The molecule has 0 saturated carbocycles. The smallest absolute Gasteiger partial charge is 0.331 e. The molecule has 1 heterocycles. The van der Waals surface area contributed by atoms with E-state index >= 15 is 0 Å². The molecule has 1 amide bonds. The quantitative estimate of drug-likeness (QED) is 0.504. The van der Waals surface area contributed by atoms with E-state index in [1.165, 1.54) is 6.08 Å². The van der Waals surface area contributed by atoms with E-state index in [0.717, 1.165) is 29.7 Å². The Morgan fingerprint density at radius 3 is 2.76 bits per heavy atom. The summed E-state index contributed by atoms with van der Waals surface area (Å²) in [5.74, 6) is 0.453. The Morgan fingerprint density at radius 2 is 1.97 bits per heavy atom. The van der Waals surface area contributed by atoms with Crippen molar-refractivity contribution in [3.63, 3.8) is 0 Å². The summed E-state index contributed by atoms with van der Waals surface area (Å²) in [7, 11) is 1.57. The molecular formula is C23H25NO5. The molecular weight excluding hydrogens is 370 g/mol. The Labute approximate surface area is 170 Å². The first kappa shape index (κ1) is 20.5. The molecule has 3 rings (SSSR count). The monoisotopic (exact) mass is 395 g/mol. The summed E-state index contributed by atoms with van der Waals surface area (Å²) in [4.78, 5) is 26.1. The van der Waals surface area contributed by atoms with Crippen LogP contribution in [0.1, 0.15) is 24.5 Å². The predicted molar refractivity (Wildman–Crippen MR) is 111 cm³/mol. The summed E-state index contributed by atoms with van der Waals surface area (Å²) in [5.41, 5.74) is 2.79. The van der Waals surface area contributed by atoms with Crippen LogP contribution in [-0.2, 0) is 20.7 Å². The number of esters is 1. The van der Waals surface area contributed by atoms with E-state index in [4.69, 9.17) is 14.2 Å². The minimum absolute atomic E-state index is 0.226. The highest BCUT2D eigenvalue weighted by Crippen LogP contribution is 2.29. The van der Waals surface area contributed by atoms with Crippen molar-refractivity contribution in [3.8, 4) is 11.5 Å². The Morgan fingerprint density at radius 1 is 1.14 bits per heavy atom. The zero-order valence-corrected chi connectivity index (χ0v) is 16.7. The number of amides is 1. The average molecular weight is 395 g/mol. The maximum atomic E-state index is 12.4. The zero-order valence-electron chi connectivity index (χ0n) is 16.7. The second-order valence-corrected chi connectivity index (χ2v) is 6.62. The molecule has 6 nitrogen and oxygen atoms in total. The van der Waals surface area contributed by atoms with E-state index in [0.29, 0.717) is 24.7 Å². The number of carbonyl (C=O) groups is 2. The molecule has 0 bridgehead atoms. The van der Waals surface area contributed by atoms with Crippen LogP contribution >= 0.6 is 0 Å². The Hall–Kier alpha value is -3.28. The van der Waals surface area contributed by atoms with Gasteiger partial charge in [0.1, 0.15) is 0 Å². The molecule has 1 aliphatic rings. The van der Waals surface area contributed by atoms with Gasteiger partial charge in [-0.25, -0.2) is 4.79 Å². The number of methoxy groups -OCH3 is 1. The van der Waals surface area contributed by atoms with Gasteiger partial charge in [-0.15, -0.1) is 0 Å². The Balaban J connectivity index is 1.54. The molecule has 0 aromatic heterocycles. The average Bonchev–Trinajstić information content (AvgIpc) is 3.19. The van der Waals surface area contributed by atoms with Gasteiger partial charge in [0, 0.05) is 18.3 Å². The van der Waals surface area contributed by atoms with Crippen molar-refractivity contribution < 1.29 is 23.8 Å². The van der Waals surface area contributed by atoms with E-state index < -0.39 is 5.97 Å². The number of hydrogen-bond acceptors (Lipinski definition) is 5. The minimum Gasteiger partial charge on any atom is -0.493 e. The van der Waals surface area contributed by atoms with Gasteiger partial charge in [-0.3, -0.25) is 4.79 Å². The van der Waals surface area contributed by atoms with E-state index in [-0.39, 0.29) is 12.5 Å². The standard InChI is InChI=1S/C23H25NO5/c1-3-14-28-20-10-8-17(15-21(20)27-2)9-11-23(26)29-16-22(25)24-13-12-18-6-4-5-7-19(18)24/h4-11,15H,3,12-14,16H2,1-2H3/b11-9+. The summed E-state index contributed by atoms with van der Waals surface area (Å²) >= 11 is 0. The van der Waals surface area contributed by atoms with Crippen molar-refractivity contribution in [1.29, 1.82) is 0 Å². The first-order valence-electron chi connectivity index (χ1n) is 9.66. The van der Waals surface area contributed by atoms with Crippen LogP contribution in [0.4, 0.5) is 5.69 Å². The highest BCUT2D eigenvalue weighted by molar-refractivity contribution is 5.98. The van der Waals surface area contributed by atoms with Crippen molar-refractivity contribution in [3.05, 3.63) is 59.7 Å². The van der Waals surface area contributed by atoms with Crippen LogP contribution in [0.2, 0.25) is 0 Å². The van der Waals surface area contributed by atoms with Crippen LogP contribution in [0.3, 0.4) is 0 Å². The van der Waals surface area contributed by atoms with Gasteiger partial charge in [0.2, 0.25) is 0 Å². The molecule has 0 N–H and O–H groups in total. The molecule has 6 heteroatoms. The molecule has 29 heavy (non-hydrogen) atoms. The molecule has 0 aliphatic carbocycles. The van der Waals surface area contributed by atoms with Gasteiger partial charge >= 0.3 is 5.97 Å². The fourth-order valence-corrected chi connectivity index (χ4v) is 3.14. The number of nitrogens with zero attached hydrogens (tertiary/aromatic N) is 1. The SMILES string of the molecule is CCCOc1ccc(/C=C/C(=O)OCC(=O)N2CCc3ccccc32)cc1OC. The van der Waals surface area contributed by atoms with Crippen LogP contribution < -0.4 is 14.4 Å². The molecule has 2 aromatic carbocycles. The number of hydrogen-bond donors (Lipinski definition) is 0. The molecule has 152 valence electrons. The summed E-state index contributed by atoms with van der Waals surface area (Å²) in [5, 5.41) is 0. The minimum atomic E-state index is -0.573. The van der Waals surface area contributed by atoms with Crippen molar-refractivity contribution in [2.24, 2.45) is 0 Å². The molecule has 0 radical (unpaired) electrons. The second kappa shape index (κ2) is 9.78. The number of ether oxygens (including phenoxy) is 3. The summed E-state index contributed by atoms with van der Waals surface area (Å²) < 4.78 is 16.1. The van der Waals surface area contributed by atoms with Gasteiger partial charge in [-0.2, -0.15) is 0 Å². The highest BCUT2D eigenvalue weighted by atomic mass is 16.5. The largest absolute Gasteiger partial charge is 0.493 e. The number of carbonyl (C=O) groups excluding carboxylic acids is 2. The number of benzene rings is 2. The molecule has 0 atom stereocenters. The lowest BCUT2D eigenvalue weighted by Crippen LogP contribution is -2.33. The van der Waals surface area contributed by atoms with Gasteiger partial charge < -0.3 is 19.1 Å². The third kappa shape index (κ3) is 5.16. The molecule has 0 fully saturated rings. The Kier molecular flexibility index (Phi) is 6.89. The van der Waals surface area contributed by atoms with Crippen molar-refractivity contribution in [2.45, 2.75) is 19.8 Å². The molecule has 0 saturated heterocycles. The van der Waals surface area contributed by atoms with Gasteiger partial charge in [0.25, 0.3) is 5.91 Å².